The Labute approximate surface area is 184 Å². The molecule has 2 aromatic carbocycles. The van der Waals surface area contributed by atoms with Crippen LogP contribution in [0.3, 0.4) is 0 Å². The van der Waals surface area contributed by atoms with Crippen LogP contribution in [0.4, 0.5) is 0 Å². The molecule has 0 unspecified atom stereocenters. The first kappa shape index (κ1) is 21.9. The maximum absolute atomic E-state index is 13.1. The normalized spacial score (nSPS) is 16.7. The highest BCUT2D eigenvalue weighted by molar-refractivity contribution is 7.89. The fraction of sp³-hybridized carbons (Fsp3) is 0.286. The minimum absolute atomic E-state index is 0.0609. The highest BCUT2D eigenvalue weighted by Crippen LogP contribution is 2.29. The van der Waals surface area contributed by atoms with Crippen molar-refractivity contribution in [2.75, 3.05) is 40.1 Å². The molecule has 0 saturated carbocycles. The Morgan fingerprint density at radius 1 is 1.03 bits per heavy atom. The molecule has 0 aromatic heterocycles. The lowest BCUT2D eigenvalue weighted by atomic mass is 10.1. The number of carbonyl (C=O) groups is 3. The first-order valence-electron chi connectivity index (χ1n) is 9.73. The monoisotopic (exact) mass is 460 g/mol. The van der Waals surface area contributed by atoms with E-state index in [-0.39, 0.29) is 53.6 Å². The number of imide groups is 1. The Morgan fingerprint density at radius 2 is 1.66 bits per heavy atom. The van der Waals surface area contributed by atoms with E-state index in [1.54, 1.807) is 12.1 Å². The molecule has 32 heavy (non-hydrogen) atoms. The van der Waals surface area contributed by atoms with Crippen LogP contribution in [0.15, 0.2) is 47.4 Å². The molecular formula is C21H20N2O8S. The number of fused-ring (bicyclic) bond motifs is 1. The number of carbonyl (C=O) groups excluding carboxylic acids is 3. The second kappa shape index (κ2) is 8.69. The summed E-state index contributed by atoms with van der Waals surface area (Å²) in [5, 5.41) is 0. The lowest BCUT2D eigenvalue weighted by Gasteiger charge is -2.26. The van der Waals surface area contributed by atoms with Crippen molar-refractivity contribution in [3.8, 4) is 5.75 Å². The van der Waals surface area contributed by atoms with Crippen molar-refractivity contribution in [1.29, 1.82) is 0 Å². The average Bonchev–Trinajstić information content (AvgIpc) is 3.07. The van der Waals surface area contributed by atoms with Gasteiger partial charge in [0.05, 0.1) is 37.0 Å². The van der Waals surface area contributed by atoms with E-state index in [9.17, 15) is 22.8 Å². The topological polar surface area (TPSA) is 120 Å². The number of ether oxygens (including phenoxy) is 3. The van der Waals surface area contributed by atoms with Gasteiger partial charge in [-0.2, -0.15) is 4.31 Å². The molecule has 0 radical (unpaired) electrons. The van der Waals surface area contributed by atoms with E-state index in [0.29, 0.717) is 0 Å². The van der Waals surface area contributed by atoms with Crippen LogP contribution >= 0.6 is 0 Å². The van der Waals surface area contributed by atoms with Gasteiger partial charge in [0, 0.05) is 13.1 Å². The third-order valence-corrected chi connectivity index (χ3v) is 7.11. The van der Waals surface area contributed by atoms with Gasteiger partial charge in [0.1, 0.15) is 10.6 Å². The van der Waals surface area contributed by atoms with Crippen molar-refractivity contribution >= 4 is 27.8 Å². The zero-order valence-corrected chi connectivity index (χ0v) is 18.0. The Morgan fingerprint density at radius 3 is 2.25 bits per heavy atom. The van der Waals surface area contributed by atoms with Crippen LogP contribution < -0.4 is 4.74 Å². The maximum atomic E-state index is 13.1. The van der Waals surface area contributed by atoms with Crippen molar-refractivity contribution in [3.63, 3.8) is 0 Å². The fourth-order valence-electron chi connectivity index (χ4n) is 3.49. The van der Waals surface area contributed by atoms with Crippen LogP contribution in [-0.2, 0) is 19.5 Å². The summed E-state index contributed by atoms with van der Waals surface area (Å²) < 4.78 is 42.9. The van der Waals surface area contributed by atoms with E-state index in [2.05, 4.69) is 0 Å². The van der Waals surface area contributed by atoms with Gasteiger partial charge in [0.15, 0.2) is 6.73 Å². The minimum Gasteiger partial charge on any atom is -0.495 e. The van der Waals surface area contributed by atoms with E-state index >= 15 is 0 Å². The summed E-state index contributed by atoms with van der Waals surface area (Å²) in [5.41, 5.74) is 0.406. The summed E-state index contributed by atoms with van der Waals surface area (Å²) in [6, 6.07) is 10.2. The maximum Gasteiger partial charge on any atom is 0.339 e. The highest BCUT2D eigenvalue weighted by Gasteiger charge is 2.36. The predicted octanol–water partition coefficient (Wildman–Crippen LogP) is 1.13. The van der Waals surface area contributed by atoms with Gasteiger partial charge >= 0.3 is 5.97 Å². The van der Waals surface area contributed by atoms with Gasteiger partial charge in [-0.05, 0) is 30.3 Å². The Balaban J connectivity index is 1.53. The SMILES string of the molecule is COc1ccc(C(=O)OCN2C(=O)c3ccccc3C2=O)cc1S(=O)(=O)N1CCOCC1. The van der Waals surface area contributed by atoms with E-state index in [0.717, 1.165) is 11.0 Å². The highest BCUT2D eigenvalue weighted by atomic mass is 32.2. The van der Waals surface area contributed by atoms with Gasteiger partial charge in [-0.15, -0.1) is 0 Å². The van der Waals surface area contributed by atoms with Crippen molar-refractivity contribution in [2.45, 2.75) is 4.90 Å². The number of morpholine rings is 1. The van der Waals surface area contributed by atoms with E-state index in [1.807, 2.05) is 0 Å². The fourth-order valence-corrected chi connectivity index (χ4v) is 5.08. The zero-order valence-electron chi connectivity index (χ0n) is 17.1. The lowest BCUT2D eigenvalue weighted by molar-refractivity contribution is 0.0228. The lowest BCUT2D eigenvalue weighted by Crippen LogP contribution is -2.40. The predicted molar refractivity (Wildman–Crippen MR) is 110 cm³/mol. The smallest absolute Gasteiger partial charge is 0.339 e. The Bertz CT molecular complexity index is 1150. The average molecular weight is 460 g/mol. The van der Waals surface area contributed by atoms with Gasteiger partial charge in [0.2, 0.25) is 10.0 Å². The molecule has 1 fully saturated rings. The Hall–Kier alpha value is -3.28. The van der Waals surface area contributed by atoms with Crippen LogP contribution in [0, 0.1) is 0 Å². The number of hydrogen-bond donors (Lipinski definition) is 0. The van der Waals surface area contributed by atoms with Crippen molar-refractivity contribution in [3.05, 3.63) is 59.2 Å². The standard InChI is InChI=1S/C21H20N2O8S/c1-29-17-7-6-14(12-18(17)32(27,28)22-8-10-30-11-9-22)21(26)31-13-23-19(24)15-4-2-3-5-16(15)20(23)25/h2-7,12H,8-11,13H2,1H3. The van der Waals surface area contributed by atoms with Gasteiger partial charge in [-0.25, -0.2) is 18.1 Å². The van der Waals surface area contributed by atoms with Crippen LogP contribution in [0.2, 0.25) is 0 Å². The molecule has 10 nitrogen and oxygen atoms in total. The van der Waals surface area contributed by atoms with E-state index in [4.69, 9.17) is 14.2 Å². The van der Waals surface area contributed by atoms with Gasteiger partial charge in [-0.1, -0.05) is 12.1 Å². The summed E-state index contributed by atoms with van der Waals surface area (Å²) in [4.78, 5) is 38.0. The number of methoxy groups -OCH3 is 1. The molecule has 0 bridgehead atoms. The summed E-state index contributed by atoms with van der Waals surface area (Å²) in [6.45, 7) is 0.301. The van der Waals surface area contributed by atoms with Crippen molar-refractivity contribution in [1.82, 2.24) is 9.21 Å². The molecule has 2 heterocycles. The number of sulfonamides is 1. The van der Waals surface area contributed by atoms with E-state index in [1.165, 1.54) is 35.7 Å². The molecule has 2 aromatic rings. The van der Waals surface area contributed by atoms with Gasteiger partial charge < -0.3 is 14.2 Å². The minimum atomic E-state index is -3.94. The molecule has 168 valence electrons. The molecule has 11 heteroatoms. The molecule has 0 atom stereocenters. The summed E-state index contributed by atoms with van der Waals surface area (Å²) in [7, 11) is -2.62. The van der Waals surface area contributed by atoms with Crippen LogP contribution in [-0.4, -0.2) is 75.6 Å². The number of nitrogens with zero attached hydrogens (tertiary/aromatic N) is 2. The van der Waals surface area contributed by atoms with Crippen molar-refractivity contribution in [2.24, 2.45) is 0 Å². The quantitative estimate of drug-likeness (QED) is 0.465. The number of esters is 1. The molecule has 4 rings (SSSR count). The third-order valence-electron chi connectivity index (χ3n) is 5.19. The van der Waals surface area contributed by atoms with E-state index < -0.39 is 34.5 Å². The second-order valence-corrected chi connectivity index (χ2v) is 8.93. The summed E-state index contributed by atoms with van der Waals surface area (Å²) in [5.74, 6) is -1.94. The number of hydrogen-bond acceptors (Lipinski definition) is 8. The molecule has 2 aliphatic rings. The number of benzene rings is 2. The van der Waals surface area contributed by atoms with Crippen LogP contribution in [0.1, 0.15) is 31.1 Å². The van der Waals surface area contributed by atoms with Crippen LogP contribution in [0.25, 0.3) is 0 Å². The largest absolute Gasteiger partial charge is 0.495 e. The number of amides is 2. The molecular weight excluding hydrogens is 440 g/mol. The number of rotatable bonds is 6. The third kappa shape index (κ3) is 3.85. The molecule has 1 saturated heterocycles. The van der Waals surface area contributed by atoms with Crippen LogP contribution in [0.5, 0.6) is 5.75 Å². The first-order valence-corrected chi connectivity index (χ1v) is 11.2. The van der Waals surface area contributed by atoms with Gasteiger partial charge in [-0.3, -0.25) is 9.59 Å². The van der Waals surface area contributed by atoms with Crippen molar-refractivity contribution < 1.29 is 37.0 Å². The summed E-state index contributed by atoms with van der Waals surface area (Å²) in [6.07, 6.45) is 0. The molecule has 2 amide bonds. The summed E-state index contributed by atoms with van der Waals surface area (Å²) >= 11 is 0. The zero-order chi connectivity index (χ0) is 22.9. The molecule has 0 aliphatic carbocycles. The molecule has 0 N–H and O–H groups in total. The first-order chi connectivity index (χ1) is 15.3. The second-order valence-electron chi connectivity index (χ2n) is 7.03. The molecule has 2 aliphatic heterocycles. The Kier molecular flexibility index (Phi) is 5.96. The molecule has 0 spiro atoms. The van der Waals surface area contributed by atoms with Gasteiger partial charge in [0.25, 0.3) is 11.8 Å².